The molecule has 0 bridgehead atoms. The van der Waals surface area contributed by atoms with Gasteiger partial charge >= 0.3 is 5.97 Å². The number of nitrogens with one attached hydrogen (secondary N) is 1. The van der Waals surface area contributed by atoms with E-state index in [4.69, 9.17) is 5.73 Å². The molecule has 7 nitrogen and oxygen atoms in total. The van der Waals surface area contributed by atoms with Crippen LogP contribution in [0.3, 0.4) is 0 Å². The first-order valence-corrected chi connectivity index (χ1v) is 11.0. The number of carbonyl (C=O) groups excluding carboxylic acids is 1. The standard InChI is InChI=1S/C25H29FN4O3/c1-24(2)22(33)30(4)23(27)29-25(24,3)18-13-15(9-10-19(18)26)28-20-11-14(12-21(31)32)16-7-5-6-8-17(16)20/h5-10,13-14,20,28H,11-12H2,1-4H3,(H2,27,29)(H,31,32). The van der Waals surface area contributed by atoms with Gasteiger partial charge in [-0.15, -0.1) is 0 Å². The lowest BCUT2D eigenvalue weighted by molar-refractivity contribution is -0.140. The number of aliphatic imine (C=N–C) groups is 1. The molecule has 174 valence electrons. The molecule has 0 aromatic heterocycles. The molecule has 0 saturated heterocycles. The van der Waals surface area contributed by atoms with Crippen LogP contribution in [0.5, 0.6) is 0 Å². The van der Waals surface area contributed by atoms with E-state index in [-0.39, 0.29) is 35.8 Å². The van der Waals surface area contributed by atoms with Gasteiger partial charge in [-0.2, -0.15) is 0 Å². The molecule has 0 saturated carbocycles. The number of nitrogens with zero attached hydrogens (tertiary/aromatic N) is 2. The number of rotatable bonds is 5. The number of hydrogen-bond acceptors (Lipinski definition) is 5. The van der Waals surface area contributed by atoms with Crippen molar-refractivity contribution in [1.29, 1.82) is 0 Å². The highest BCUT2D eigenvalue weighted by molar-refractivity contribution is 6.01. The second kappa shape index (κ2) is 7.86. The molecule has 0 fully saturated rings. The molecular formula is C25H29FN4O3. The Morgan fingerprint density at radius 1 is 1.24 bits per heavy atom. The minimum Gasteiger partial charge on any atom is -0.481 e. The number of halogens is 1. The average Bonchev–Trinajstić information content (AvgIpc) is 3.09. The molecule has 4 rings (SSSR count). The summed E-state index contributed by atoms with van der Waals surface area (Å²) in [7, 11) is 1.56. The van der Waals surface area contributed by atoms with Crippen LogP contribution in [0.25, 0.3) is 0 Å². The Bertz CT molecular complexity index is 1160. The van der Waals surface area contributed by atoms with E-state index in [1.165, 1.54) is 11.0 Å². The molecule has 1 aliphatic heterocycles. The Hall–Kier alpha value is -3.42. The third-order valence-electron chi connectivity index (χ3n) is 7.32. The summed E-state index contributed by atoms with van der Waals surface area (Å²) in [5.41, 5.74) is 6.76. The van der Waals surface area contributed by atoms with Crippen LogP contribution in [-0.2, 0) is 15.1 Å². The van der Waals surface area contributed by atoms with E-state index in [1.807, 2.05) is 24.3 Å². The van der Waals surface area contributed by atoms with E-state index in [2.05, 4.69) is 10.3 Å². The molecule has 0 spiro atoms. The molecule has 4 N–H and O–H groups in total. The van der Waals surface area contributed by atoms with Crippen LogP contribution in [-0.4, -0.2) is 34.9 Å². The second-order valence-corrected chi connectivity index (χ2v) is 9.58. The van der Waals surface area contributed by atoms with Crippen LogP contribution in [0.15, 0.2) is 47.5 Å². The number of carbonyl (C=O) groups is 2. The van der Waals surface area contributed by atoms with Crippen molar-refractivity contribution in [2.24, 2.45) is 16.1 Å². The first-order chi connectivity index (χ1) is 15.5. The number of benzene rings is 2. The van der Waals surface area contributed by atoms with Crippen molar-refractivity contribution in [3.8, 4) is 0 Å². The van der Waals surface area contributed by atoms with Gasteiger partial charge in [0, 0.05) is 18.3 Å². The van der Waals surface area contributed by atoms with Gasteiger partial charge in [-0.1, -0.05) is 24.3 Å². The van der Waals surface area contributed by atoms with Crippen molar-refractivity contribution in [1.82, 2.24) is 4.90 Å². The zero-order chi connectivity index (χ0) is 24.1. The first-order valence-electron chi connectivity index (χ1n) is 11.0. The summed E-state index contributed by atoms with van der Waals surface area (Å²) in [4.78, 5) is 30.1. The topological polar surface area (TPSA) is 108 Å². The monoisotopic (exact) mass is 452 g/mol. The largest absolute Gasteiger partial charge is 0.481 e. The lowest BCUT2D eigenvalue weighted by atomic mass is 9.67. The third-order valence-corrected chi connectivity index (χ3v) is 7.32. The molecule has 1 amide bonds. The third kappa shape index (κ3) is 3.63. The van der Waals surface area contributed by atoms with E-state index in [9.17, 15) is 14.7 Å². The highest BCUT2D eigenvalue weighted by Crippen LogP contribution is 2.48. The Labute approximate surface area is 192 Å². The molecule has 3 unspecified atom stereocenters. The van der Waals surface area contributed by atoms with Crippen LogP contribution in [0.2, 0.25) is 0 Å². The zero-order valence-electron chi connectivity index (χ0n) is 19.2. The van der Waals surface area contributed by atoms with Gasteiger partial charge in [0.2, 0.25) is 5.91 Å². The molecule has 3 atom stereocenters. The fourth-order valence-corrected chi connectivity index (χ4v) is 5.04. The normalized spacial score (nSPS) is 26.0. The average molecular weight is 453 g/mol. The smallest absolute Gasteiger partial charge is 0.303 e. The van der Waals surface area contributed by atoms with Gasteiger partial charge in [0.15, 0.2) is 5.96 Å². The second-order valence-electron chi connectivity index (χ2n) is 9.58. The summed E-state index contributed by atoms with van der Waals surface area (Å²) in [6, 6.07) is 12.4. The number of aliphatic carboxylic acids is 1. The van der Waals surface area contributed by atoms with Gasteiger partial charge in [0.25, 0.3) is 0 Å². The van der Waals surface area contributed by atoms with Crippen LogP contribution in [0.1, 0.15) is 62.3 Å². The molecule has 1 heterocycles. The summed E-state index contributed by atoms with van der Waals surface area (Å²) in [6.07, 6.45) is 0.676. The lowest BCUT2D eigenvalue weighted by Crippen LogP contribution is -2.58. The Morgan fingerprint density at radius 3 is 2.58 bits per heavy atom. The Balaban J connectivity index is 1.71. The minimum atomic E-state index is -1.21. The van der Waals surface area contributed by atoms with Crippen LogP contribution >= 0.6 is 0 Å². The molecular weight excluding hydrogens is 423 g/mol. The Kier molecular flexibility index (Phi) is 5.42. The van der Waals surface area contributed by atoms with Crippen molar-refractivity contribution >= 4 is 23.5 Å². The molecule has 2 aromatic rings. The van der Waals surface area contributed by atoms with Crippen molar-refractivity contribution in [3.63, 3.8) is 0 Å². The minimum absolute atomic E-state index is 0.0424. The van der Waals surface area contributed by atoms with Crippen molar-refractivity contribution in [2.45, 2.75) is 51.1 Å². The maximum atomic E-state index is 15.1. The van der Waals surface area contributed by atoms with E-state index in [0.717, 1.165) is 11.1 Å². The SMILES string of the molecule is CN1C(=O)C(C)(C)C(C)(c2cc(NC3CC(CC(=O)O)c4ccccc43)ccc2F)N=C1N. The number of carboxylic acids is 1. The summed E-state index contributed by atoms with van der Waals surface area (Å²) in [5, 5.41) is 12.8. The number of fused-ring (bicyclic) bond motifs is 1. The summed E-state index contributed by atoms with van der Waals surface area (Å²) in [5.74, 6) is -1.60. The van der Waals surface area contributed by atoms with E-state index < -0.39 is 22.7 Å². The van der Waals surface area contributed by atoms with Gasteiger partial charge in [0.05, 0.1) is 17.9 Å². The van der Waals surface area contributed by atoms with Gasteiger partial charge in [-0.3, -0.25) is 14.5 Å². The number of hydrogen-bond donors (Lipinski definition) is 3. The van der Waals surface area contributed by atoms with E-state index in [0.29, 0.717) is 12.1 Å². The first kappa shape index (κ1) is 22.8. The van der Waals surface area contributed by atoms with Crippen molar-refractivity contribution < 1.29 is 19.1 Å². The molecule has 8 heteroatoms. The van der Waals surface area contributed by atoms with Crippen LogP contribution in [0.4, 0.5) is 10.1 Å². The van der Waals surface area contributed by atoms with Gasteiger partial charge < -0.3 is 16.2 Å². The summed E-state index contributed by atoms with van der Waals surface area (Å²) >= 11 is 0. The lowest BCUT2D eigenvalue weighted by Gasteiger charge is -2.46. The van der Waals surface area contributed by atoms with Crippen molar-refractivity contribution in [3.05, 3.63) is 65.0 Å². The quantitative estimate of drug-likeness (QED) is 0.636. The molecule has 2 aliphatic rings. The van der Waals surface area contributed by atoms with Gasteiger partial charge in [0.1, 0.15) is 11.4 Å². The van der Waals surface area contributed by atoms with E-state index >= 15 is 4.39 Å². The number of nitrogens with two attached hydrogens (primary N) is 1. The number of amides is 1. The Morgan fingerprint density at radius 2 is 1.91 bits per heavy atom. The number of carboxylic acid groups (broad SMARTS) is 1. The fourth-order valence-electron chi connectivity index (χ4n) is 5.04. The number of guanidine groups is 1. The fraction of sp³-hybridized carbons (Fsp3) is 0.400. The molecule has 1 aliphatic carbocycles. The van der Waals surface area contributed by atoms with E-state index in [1.54, 1.807) is 40.0 Å². The highest BCUT2D eigenvalue weighted by atomic mass is 19.1. The molecule has 0 radical (unpaired) electrons. The van der Waals surface area contributed by atoms with Gasteiger partial charge in [-0.05, 0) is 62.4 Å². The zero-order valence-corrected chi connectivity index (χ0v) is 19.2. The van der Waals surface area contributed by atoms with Crippen LogP contribution < -0.4 is 11.1 Å². The maximum Gasteiger partial charge on any atom is 0.303 e. The molecule has 2 aromatic carbocycles. The van der Waals surface area contributed by atoms with Crippen molar-refractivity contribution in [2.75, 3.05) is 12.4 Å². The number of anilines is 1. The predicted molar refractivity (Wildman–Crippen MR) is 124 cm³/mol. The highest BCUT2D eigenvalue weighted by Gasteiger charge is 2.53. The van der Waals surface area contributed by atoms with Gasteiger partial charge in [-0.25, -0.2) is 9.38 Å². The summed E-state index contributed by atoms with van der Waals surface area (Å²) in [6.45, 7) is 5.21. The maximum absolute atomic E-state index is 15.1. The van der Waals surface area contributed by atoms with Crippen LogP contribution in [0, 0.1) is 11.2 Å². The summed E-state index contributed by atoms with van der Waals surface area (Å²) < 4.78 is 15.1. The molecule has 33 heavy (non-hydrogen) atoms. The predicted octanol–water partition coefficient (Wildman–Crippen LogP) is 3.97.